The van der Waals surface area contributed by atoms with Crippen LogP contribution in [0.4, 0.5) is 5.69 Å². The van der Waals surface area contributed by atoms with Crippen molar-refractivity contribution in [1.82, 2.24) is 5.32 Å². The van der Waals surface area contributed by atoms with E-state index in [-0.39, 0.29) is 10.8 Å². The van der Waals surface area contributed by atoms with E-state index in [0.717, 1.165) is 12.0 Å². The maximum atomic E-state index is 13.0. The molecule has 0 saturated carbocycles. The molecule has 0 heterocycles. The van der Waals surface area contributed by atoms with Crippen LogP contribution in [-0.2, 0) is 10.0 Å². The average molecular weight is 375 g/mol. The Morgan fingerprint density at radius 3 is 2.46 bits per heavy atom. The number of hydrogen-bond acceptors (Lipinski definition) is 3. The molecule has 2 aromatic carbocycles. The molecule has 0 fully saturated rings. The van der Waals surface area contributed by atoms with E-state index in [2.05, 4.69) is 19.2 Å². The van der Waals surface area contributed by atoms with E-state index < -0.39 is 10.0 Å². The molecule has 140 valence electrons. The van der Waals surface area contributed by atoms with Crippen molar-refractivity contribution in [3.63, 3.8) is 0 Å². The molecule has 2 rings (SSSR count). The first kappa shape index (κ1) is 20.0. The fourth-order valence-corrected chi connectivity index (χ4v) is 3.89. The number of rotatable bonds is 7. The zero-order chi connectivity index (χ0) is 19.3. The zero-order valence-electron chi connectivity index (χ0n) is 15.7. The largest absolute Gasteiger partial charge is 0.352 e. The van der Waals surface area contributed by atoms with Crippen LogP contribution in [0.25, 0.3) is 0 Å². The van der Waals surface area contributed by atoms with Gasteiger partial charge in [0.25, 0.3) is 15.9 Å². The van der Waals surface area contributed by atoms with Crippen LogP contribution >= 0.6 is 0 Å². The molecule has 1 N–H and O–H groups in total. The molecular formula is C20H26N2O3S. The monoisotopic (exact) mass is 374 g/mol. The highest BCUT2D eigenvalue weighted by atomic mass is 32.2. The quantitative estimate of drug-likeness (QED) is 0.805. The van der Waals surface area contributed by atoms with E-state index in [1.54, 1.807) is 24.3 Å². The summed E-state index contributed by atoms with van der Waals surface area (Å²) in [5.74, 6) is 0.228. The Labute approximate surface area is 156 Å². The minimum atomic E-state index is -3.75. The lowest BCUT2D eigenvalue weighted by molar-refractivity contribution is 0.0952. The summed E-state index contributed by atoms with van der Waals surface area (Å²) in [4.78, 5) is 12.4. The van der Waals surface area contributed by atoms with Crippen LogP contribution in [0, 0.1) is 12.8 Å². The Bertz CT molecular complexity index is 876. The predicted molar refractivity (Wildman–Crippen MR) is 105 cm³/mol. The number of carbonyl (C=O) groups is 1. The number of aryl methyl sites for hydroxylation is 1. The molecule has 0 radical (unpaired) electrons. The molecule has 0 aliphatic rings. The van der Waals surface area contributed by atoms with Crippen molar-refractivity contribution in [2.45, 2.75) is 32.1 Å². The average Bonchev–Trinajstić information content (AvgIpc) is 2.61. The molecule has 0 unspecified atom stereocenters. The minimum Gasteiger partial charge on any atom is -0.352 e. The lowest BCUT2D eigenvalue weighted by atomic mass is 10.1. The second kappa shape index (κ2) is 8.36. The second-order valence-electron chi connectivity index (χ2n) is 6.73. The van der Waals surface area contributed by atoms with Gasteiger partial charge < -0.3 is 5.32 Å². The Kier molecular flexibility index (Phi) is 6.42. The summed E-state index contributed by atoms with van der Waals surface area (Å²) in [7, 11) is -2.23. The molecule has 26 heavy (non-hydrogen) atoms. The standard InChI is InChI=1S/C20H26N2O3S/c1-15(2)12-13-21-20(23)17-9-7-10-18(14-17)26(24,25)22(4)19-11-6-5-8-16(19)3/h5-11,14-15H,12-13H2,1-4H3,(H,21,23). The van der Waals surface area contributed by atoms with Crippen molar-refractivity contribution in [3.05, 3.63) is 59.7 Å². The third-order valence-electron chi connectivity index (χ3n) is 4.22. The number of nitrogens with one attached hydrogen (secondary N) is 1. The van der Waals surface area contributed by atoms with Crippen LogP contribution in [0.1, 0.15) is 36.2 Å². The SMILES string of the molecule is Cc1ccccc1N(C)S(=O)(=O)c1cccc(C(=O)NCCC(C)C)c1. The van der Waals surface area contributed by atoms with Gasteiger partial charge in [-0.05, 0) is 49.1 Å². The molecule has 1 amide bonds. The summed E-state index contributed by atoms with van der Waals surface area (Å²) in [5.41, 5.74) is 1.81. The van der Waals surface area contributed by atoms with Crippen LogP contribution in [0.3, 0.4) is 0 Å². The molecule has 0 spiro atoms. The van der Waals surface area contributed by atoms with Gasteiger partial charge >= 0.3 is 0 Å². The van der Waals surface area contributed by atoms with Crippen molar-refractivity contribution >= 4 is 21.6 Å². The molecule has 5 nitrogen and oxygen atoms in total. The fourth-order valence-electron chi connectivity index (χ4n) is 2.58. The van der Waals surface area contributed by atoms with Crippen LogP contribution in [0.2, 0.25) is 0 Å². The molecule has 0 saturated heterocycles. The highest BCUT2D eigenvalue weighted by molar-refractivity contribution is 7.92. The molecule has 0 atom stereocenters. The first-order valence-electron chi connectivity index (χ1n) is 8.66. The van der Waals surface area contributed by atoms with Crippen molar-refractivity contribution in [2.24, 2.45) is 5.92 Å². The number of carbonyl (C=O) groups excluding carboxylic acids is 1. The van der Waals surface area contributed by atoms with E-state index >= 15 is 0 Å². The summed E-state index contributed by atoms with van der Waals surface area (Å²) in [6, 6.07) is 13.4. The smallest absolute Gasteiger partial charge is 0.264 e. The van der Waals surface area contributed by atoms with Gasteiger partial charge in [0.1, 0.15) is 0 Å². The van der Waals surface area contributed by atoms with Gasteiger partial charge in [-0.1, -0.05) is 38.1 Å². The highest BCUT2D eigenvalue weighted by Crippen LogP contribution is 2.25. The molecule has 6 heteroatoms. The van der Waals surface area contributed by atoms with Crippen LogP contribution < -0.4 is 9.62 Å². The van der Waals surface area contributed by atoms with Gasteiger partial charge in [-0.25, -0.2) is 8.42 Å². The Morgan fingerprint density at radius 1 is 1.12 bits per heavy atom. The summed E-state index contributed by atoms with van der Waals surface area (Å²) < 4.78 is 27.2. The number of para-hydroxylation sites is 1. The number of amides is 1. The zero-order valence-corrected chi connectivity index (χ0v) is 16.5. The topological polar surface area (TPSA) is 66.5 Å². The van der Waals surface area contributed by atoms with E-state index in [4.69, 9.17) is 0 Å². The van der Waals surface area contributed by atoms with Crippen molar-refractivity contribution in [3.8, 4) is 0 Å². The van der Waals surface area contributed by atoms with E-state index in [1.165, 1.54) is 23.5 Å². The number of benzene rings is 2. The van der Waals surface area contributed by atoms with Crippen molar-refractivity contribution < 1.29 is 13.2 Å². The normalized spacial score (nSPS) is 11.4. The van der Waals surface area contributed by atoms with E-state index in [0.29, 0.717) is 23.7 Å². The van der Waals surface area contributed by atoms with Crippen LogP contribution in [0.5, 0.6) is 0 Å². The lowest BCUT2D eigenvalue weighted by Crippen LogP contribution is -2.28. The first-order chi connectivity index (χ1) is 12.2. The number of hydrogen-bond donors (Lipinski definition) is 1. The highest BCUT2D eigenvalue weighted by Gasteiger charge is 2.23. The predicted octanol–water partition coefficient (Wildman–Crippen LogP) is 3.60. The third-order valence-corrected chi connectivity index (χ3v) is 5.98. The van der Waals surface area contributed by atoms with Crippen LogP contribution in [-0.4, -0.2) is 27.9 Å². The molecule has 0 aromatic heterocycles. The fraction of sp³-hybridized carbons (Fsp3) is 0.350. The first-order valence-corrected chi connectivity index (χ1v) is 10.1. The van der Waals surface area contributed by atoms with E-state index in [9.17, 15) is 13.2 Å². The lowest BCUT2D eigenvalue weighted by Gasteiger charge is -2.21. The van der Waals surface area contributed by atoms with Crippen molar-refractivity contribution in [2.75, 3.05) is 17.9 Å². The van der Waals surface area contributed by atoms with Crippen molar-refractivity contribution in [1.29, 1.82) is 0 Å². The molecule has 2 aromatic rings. The Morgan fingerprint density at radius 2 is 1.81 bits per heavy atom. The van der Waals surface area contributed by atoms with Gasteiger partial charge in [0.15, 0.2) is 0 Å². The number of nitrogens with zero attached hydrogens (tertiary/aromatic N) is 1. The molecular weight excluding hydrogens is 348 g/mol. The Balaban J connectivity index is 2.25. The summed E-state index contributed by atoms with van der Waals surface area (Å²) in [5, 5.41) is 2.83. The minimum absolute atomic E-state index is 0.0970. The number of anilines is 1. The maximum absolute atomic E-state index is 13.0. The van der Waals surface area contributed by atoms with Gasteiger partial charge in [-0.15, -0.1) is 0 Å². The summed E-state index contributed by atoms with van der Waals surface area (Å²) >= 11 is 0. The molecule has 0 bridgehead atoms. The van der Waals surface area contributed by atoms with E-state index in [1.807, 2.05) is 19.1 Å². The van der Waals surface area contributed by atoms with Gasteiger partial charge in [0.2, 0.25) is 0 Å². The number of sulfonamides is 1. The van der Waals surface area contributed by atoms with Crippen LogP contribution in [0.15, 0.2) is 53.4 Å². The summed E-state index contributed by atoms with van der Waals surface area (Å²) in [6.07, 6.45) is 0.875. The maximum Gasteiger partial charge on any atom is 0.264 e. The molecule has 0 aliphatic carbocycles. The van der Waals surface area contributed by atoms with Gasteiger partial charge in [0, 0.05) is 19.2 Å². The van der Waals surface area contributed by atoms with Gasteiger partial charge in [-0.2, -0.15) is 0 Å². The molecule has 0 aliphatic heterocycles. The van der Waals surface area contributed by atoms with Gasteiger partial charge in [-0.3, -0.25) is 9.10 Å². The van der Waals surface area contributed by atoms with Gasteiger partial charge in [0.05, 0.1) is 10.6 Å². The summed E-state index contributed by atoms with van der Waals surface area (Å²) in [6.45, 7) is 6.60. The Hall–Kier alpha value is -2.34. The second-order valence-corrected chi connectivity index (χ2v) is 8.69. The third kappa shape index (κ3) is 4.64.